The number of nitrogens with zero attached hydrogens (tertiary/aromatic N) is 2. The predicted octanol–water partition coefficient (Wildman–Crippen LogP) is 3.30. The maximum atomic E-state index is 14.3. The van der Waals surface area contributed by atoms with Crippen molar-refractivity contribution in [2.75, 3.05) is 13.1 Å². The number of oxazole rings is 1. The van der Waals surface area contributed by atoms with Gasteiger partial charge in [-0.3, -0.25) is 4.79 Å². The van der Waals surface area contributed by atoms with Crippen molar-refractivity contribution in [2.45, 2.75) is 32.2 Å². The van der Waals surface area contributed by atoms with Crippen LogP contribution in [-0.2, 0) is 32.2 Å². The van der Waals surface area contributed by atoms with E-state index < -0.39 is 5.82 Å². The molecule has 0 atom stereocenters. The fourth-order valence-corrected chi connectivity index (χ4v) is 3.66. The fourth-order valence-electron chi connectivity index (χ4n) is 3.66. The minimum absolute atomic E-state index is 0.0900. The van der Waals surface area contributed by atoms with Crippen LogP contribution in [0, 0.1) is 5.82 Å². The first-order chi connectivity index (χ1) is 14.1. The average Bonchev–Trinajstić information content (AvgIpc) is 3.16. The predicted molar refractivity (Wildman–Crippen MR) is 108 cm³/mol. The summed E-state index contributed by atoms with van der Waals surface area (Å²) in [5, 5.41) is 0. The average molecular weight is 393 g/mol. The minimum atomic E-state index is -0.509. The summed E-state index contributed by atoms with van der Waals surface area (Å²) in [6.07, 6.45) is 2.75. The van der Waals surface area contributed by atoms with Gasteiger partial charge in [-0.1, -0.05) is 36.4 Å². The Kier molecular flexibility index (Phi) is 5.71. The molecule has 1 aliphatic heterocycles. The maximum Gasteiger partial charge on any atom is 0.257 e. The van der Waals surface area contributed by atoms with Gasteiger partial charge in [-0.2, -0.15) is 0 Å². The zero-order valence-corrected chi connectivity index (χ0v) is 16.2. The van der Waals surface area contributed by atoms with Gasteiger partial charge in [0.05, 0.1) is 12.1 Å². The molecular weight excluding hydrogens is 369 g/mol. The molecule has 1 aliphatic rings. The summed E-state index contributed by atoms with van der Waals surface area (Å²) in [5.41, 5.74) is 8.53. The Morgan fingerprint density at radius 3 is 2.72 bits per heavy atom. The molecule has 6 heteroatoms. The van der Waals surface area contributed by atoms with Crippen LogP contribution in [0.25, 0.3) is 0 Å². The minimum Gasteiger partial charge on any atom is -0.445 e. The molecule has 2 N–H and O–H groups in total. The van der Waals surface area contributed by atoms with Gasteiger partial charge in [0.25, 0.3) is 5.91 Å². The van der Waals surface area contributed by atoms with Crippen molar-refractivity contribution in [1.82, 2.24) is 9.88 Å². The molecule has 5 nitrogen and oxygen atoms in total. The highest BCUT2D eigenvalue weighted by Crippen LogP contribution is 2.23. The number of aromatic nitrogens is 1. The van der Waals surface area contributed by atoms with Crippen LogP contribution in [0.2, 0.25) is 0 Å². The second-order valence-electron chi connectivity index (χ2n) is 7.29. The number of hydrogen-bond donors (Lipinski definition) is 1. The van der Waals surface area contributed by atoms with Gasteiger partial charge in [-0.15, -0.1) is 0 Å². The lowest BCUT2D eigenvalue weighted by atomic mass is 10.1. The first kappa shape index (κ1) is 19.3. The van der Waals surface area contributed by atoms with Crippen LogP contribution < -0.4 is 5.73 Å². The van der Waals surface area contributed by atoms with E-state index in [4.69, 9.17) is 10.2 Å². The van der Waals surface area contributed by atoms with Crippen LogP contribution in [0.15, 0.2) is 52.9 Å². The Morgan fingerprint density at radius 1 is 1.10 bits per heavy atom. The lowest BCUT2D eigenvalue weighted by molar-refractivity contribution is 0.0723. The number of amides is 1. The van der Waals surface area contributed by atoms with E-state index >= 15 is 0 Å². The number of nitrogens with two attached hydrogens (primary N) is 1. The number of carbonyl (C=O) groups is 1. The van der Waals surface area contributed by atoms with Gasteiger partial charge in [0.1, 0.15) is 17.3 Å². The summed E-state index contributed by atoms with van der Waals surface area (Å²) in [4.78, 5) is 19.1. The molecule has 0 spiro atoms. The lowest BCUT2D eigenvalue weighted by Gasteiger charge is -2.25. The Bertz CT molecular complexity index is 1000. The molecule has 0 unspecified atom stereocenters. The largest absolute Gasteiger partial charge is 0.445 e. The van der Waals surface area contributed by atoms with E-state index in [0.29, 0.717) is 44.8 Å². The van der Waals surface area contributed by atoms with Crippen molar-refractivity contribution in [3.63, 3.8) is 0 Å². The van der Waals surface area contributed by atoms with E-state index in [1.807, 2.05) is 18.2 Å². The molecule has 0 radical (unpaired) electrons. The molecule has 1 aromatic heterocycles. The van der Waals surface area contributed by atoms with Crippen LogP contribution >= 0.6 is 0 Å². The van der Waals surface area contributed by atoms with Crippen LogP contribution in [0.5, 0.6) is 0 Å². The number of aryl methyl sites for hydroxylation is 2. The SMILES string of the molecule is NCCc1ccc(F)c(C(=O)N2CCc3oc(CCc4ccccc4)nc3C2)c1. The molecule has 0 saturated heterocycles. The summed E-state index contributed by atoms with van der Waals surface area (Å²) < 4.78 is 20.2. The van der Waals surface area contributed by atoms with Gasteiger partial charge in [0.2, 0.25) is 0 Å². The van der Waals surface area contributed by atoms with Crippen molar-refractivity contribution in [1.29, 1.82) is 0 Å². The normalized spacial score (nSPS) is 13.4. The standard InChI is InChI=1S/C23H24FN3O2/c24-19-8-6-17(10-12-25)14-18(19)23(28)27-13-11-21-20(15-27)26-22(29-21)9-7-16-4-2-1-3-5-16/h1-6,8,14H,7,9-13,15,25H2. The number of rotatable bonds is 6. The summed E-state index contributed by atoms with van der Waals surface area (Å²) in [5.74, 6) is 0.685. The third-order valence-electron chi connectivity index (χ3n) is 5.22. The molecule has 2 aromatic carbocycles. The second-order valence-corrected chi connectivity index (χ2v) is 7.29. The zero-order valence-electron chi connectivity index (χ0n) is 16.2. The van der Waals surface area contributed by atoms with E-state index in [1.54, 1.807) is 17.0 Å². The Morgan fingerprint density at radius 2 is 1.93 bits per heavy atom. The first-order valence-electron chi connectivity index (χ1n) is 9.93. The smallest absolute Gasteiger partial charge is 0.257 e. The van der Waals surface area contributed by atoms with Crippen LogP contribution in [0.1, 0.15) is 38.8 Å². The van der Waals surface area contributed by atoms with Crippen LogP contribution in [-0.4, -0.2) is 28.9 Å². The van der Waals surface area contributed by atoms with E-state index in [0.717, 1.165) is 23.4 Å². The number of fused-ring (bicyclic) bond motifs is 1. The van der Waals surface area contributed by atoms with E-state index in [-0.39, 0.29) is 11.5 Å². The van der Waals surface area contributed by atoms with Crippen molar-refractivity contribution >= 4 is 5.91 Å². The Labute approximate surface area is 169 Å². The number of hydrogen-bond acceptors (Lipinski definition) is 4. The van der Waals surface area contributed by atoms with E-state index in [2.05, 4.69) is 17.1 Å². The molecule has 1 amide bonds. The van der Waals surface area contributed by atoms with Crippen molar-refractivity contribution < 1.29 is 13.6 Å². The van der Waals surface area contributed by atoms with E-state index in [1.165, 1.54) is 11.6 Å². The molecule has 0 fully saturated rings. The molecule has 3 aromatic rings. The number of carbonyl (C=O) groups excluding carboxylic acids is 1. The molecule has 150 valence electrons. The quantitative estimate of drug-likeness (QED) is 0.698. The highest BCUT2D eigenvalue weighted by atomic mass is 19.1. The van der Waals surface area contributed by atoms with Crippen molar-refractivity contribution in [3.8, 4) is 0 Å². The zero-order chi connectivity index (χ0) is 20.2. The molecule has 0 bridgehead atoms. The number of halogens is 1. The van der Waals surface area contributed by atoms with Gasteiger partial charge in [-0.05, 0) is 42.6 Å². The van der Waals surface area contributed by atoms with Gasteiger partial charge in [0.15, 0.2) is 5.89 Å². The molecular formula is C23H24FN3O2. The summed E-state index contributed by atoms with van der Waals surface area (Å²) >= 11 is 0. The molecule has 0 saturated carbocycles. The highest BCUT2D eigenvalue weighted by Gasteiger charge is 2.27. The summed E-state index contributed by atoms with van der Waals surface area (Å²) in [7, 11) is 0. The van der Waals surface area contributed by atoms with Gasteiger partial charge < -0.3 is 15.1 Å². The second kappa shape index (κ2) is 8.57. The van der Waals surface area contributed by atoms with Gasteiger partial charge in [-0.25, -0.2) is 9.37 Å². The first-order valence-corrected chi connectivity index (χ1v) is 9.93. The van der Waals surface area contributed by atoms with Gasteiger partial charge >= 0.3 is 0 Å². The topological polar surface area (TPSA) is 72.4 Å². The Balaban J connectivity index is 1.45. The summed E-state index contributed by atoms with van der Waals surface area (Å²) in [6.45, 7) is 1.28. The van der Waals surface area contributed by atoms with E-state index in [9.17, 15) is 9.18 Å². The highest BCUT2D eigenvalue weighted by molar-refractivity contribution is 5.94. The number of benzene rings is 2. The fraction of sp³-hybridized carbons (Fsp3) is 0.304. The van der Waals surface area contributed by atoms with Crippen LogP contribution in [0.3, 0.4) is 0 Å². The maximum absolute atomic E-state index is 14.3. The molecule has 4 rings (SSSR count). The third-order valence-corrected chi connectivity index (χ3v) is 5.22. The molecule has 0 aliphatic carbocycles. The summed E-state index contributed by atoms with van der Waals surface area (Å²) in [6, 6.07) is 14.8. The van der Waals surface area contributed by atoms with Crippen molar-refractivity contribution in [3.05, 3.63) is 88.4 Å². The molecule has 29 heavy (non-hydrogen) atoms. The molecule has 2 heterocycles. The lowest BCUT2D eigenvalue weighted by Crippen LogP contribution is -2.36. The van der Waals surface area contributed by atoms with Crippen LogP contribution in [0.4, 0.5) is 4.39 Å². The Hall–Kier alpha value is -2.99. The van der Waals surface area contributed by atoms with Gasteiger partial charge in [0, 0.05) is 19.4 Å². The monoisotopic (exact) mass is 393 g/mol. The van der Waals surface area contributed by atoms with Crippen molar-refractivity contribution in [2.24, 2.45) is 5.73 Å². The third kappa shape index (κ3) is 4.38.